The minimum absolute atomic E-state index is 0.0154. The zero-order valence-electron chi connectivity index (χ0n) is 18.7. The number of carbonyl (C=O) groups is 1. The molecule has 1 atom stereocenters. The lowest BCUT2D eigenvalue weighted by Gasteiger charge is -2.21. The van der Waals surface area contributed by atoms with Crippen LogP contribution < -0.4 is 10.2 Å². The standard InChI is InChI=1S/C24H27FN4O4/c1-15-6-7-17-19(12-15)27-22(21-18(25)4-3-5-20(21)30)28-23(17)29-9-8-16(14-29)13-26-24(31)33-11-10-32-2/h3-7,12,16,30H,8-11,13-14H2,1-2H3,(H,26,31)/t16-/m0/s1. The van der Waals surface area contributed by atoms with E-state index in [0.29, 0.717) is 31.0 Å². The highest BCUT2D eigenvalue weighted by atomic mass is 19.1. The fraction of sp³-hybridized carbons (Fsp3) is 0.375. The third-order valence-electron chi connectivity index (χ3n) is 5.69. The lowest BCUT2D eigenvalue weighted by molar-refractivity contribution is 0.0979. The maximum absolute atomic E-state index is 14.6. The Bertz CT molecular complexity index is 1140. The van der Waals surface area contributed by atoms with Gasteiger partial charge in [-0.2, -0.15) is 0 Å². The topological polar surface area (TPSA) is 96.8 Å². The van der Waals surface area contributed by atoms with Crippen LogP contribution in [-0.2, 0) is 9.47 Å². The molecule has 0 unspecified atom stereocenters. The minimum Gasteiger partial charge on any atom is -0.507 e. The second-order valence-corrected chi connectivity index (χ2v) is 8.14. The van der Waals surface area contributed by atoms with Crippen molar-refractivity contribution >= 4 is 22.8 Å². The van der Waals surface area contributed by atoms with E-state index in [1.807, 2.05) is 25.1 Å². The summed E-state index contributed by atoms with van der Waals surface area (Å²) in [6.45, 7) is 4.40. The molecule has 0 saturated carbocycles. The van der Waals surface area contributed by atoms with Crippen LogP contribution in [-0.4, -0.2) is 61.1 Å². The molecule has 4 rings (SSSR count). The van der Waals surface area contributed by atoms with Crippen molar-refractivity contribution in [2.45, 2.75) is 13.3 Å². The Morgan fingerprint density at radius 2 is 2.12 bits per heavy atom. The molecule has 0 radical (unpaired) electrons. The zero-order valence-corrected chi connectivity index (χ0v) is 18.7. The van der Waals surface area contributed by atoms with Crippen molar-refractivity contribution in [3.05, 3.63) is 47.8 Å². The molecule has 2 heterocycles. The lowest BCUT2D eigenvalue weighted by Crippen LogP contribution is -2.32. The van der Waals surface area contributed by atoms with Gasteiger partial charge in [0.05, 0.1) is 17.7 Å². The van der Waals surface area contributed by atoms with E-state index < -0.39 is 11.9 Å². The van der Waals surface area contributed by atoms with E-state index in [2.05, 4.69) is 20.2 Å². The number of amides is 1. The third-order valence-corrected chi connectivity index (χ3v) is 5.69. The molecule has 1 aliphatic heterocycles. The molecule has 0 bridgehead atoms. The normalized spacial score (nSPS) is 15.7. The zero-order chi connectivity index (χ0) is 23.4. The fourth-order valence-electron chi connectivity index (χ4n) is 4.00. The maximum atomic E-state index is 14.6. The number of methoxy groups -OCH3 is 1. The summed E-state index contributed by atoms with van der Waals surface area (Å²) in [5.74, 6) is 0.248. The molecule has 8 nitrogen and oxygen atoms in total. The van der Waals surface area contributed by atoms with Gasteiger partial charge in [0.25, 0.3) is 0 Å². The number of aromatic hydroxyl groups is 1. The monoisotopic (exact) mass is 454 g/mol. The summed E-state index contributed by atoms with van der Waals surface area (Å²) in [7, 11) is 1.55. The number of alkyl carbamates (subject to hydrolysis) is 1. The highest BCUT2D eigenvalue weighted by molar-refractivity contribution is 5.92. The lowest BCUT2D eigenvalue weighted by atomic mass is 10.1. The highest BCUT2D eigenvalue weighted by Crippen LogP contribution is 2.35. The van der Waals surface area contributed by atoms with Crippen molar-refractivity contribution in [2.24, 2.45) is 5.92 Å². The first-order chi connectivity index (χ1) is 16.0. The number of hydrogen-bond acceptors (Lipinski definition) is 7. The number of ether oxygens (including phenoxy) is 2. The van der Waals surface area contributed by atoms with E-state index in [9.17, 15) is 14.3 Å². The number of hydrogen-bond donors (Lipinski definition) is 2. The molecular weight excluding hydrogens is 427 g/mol. The summed E-state index contributed by atoms with van der Waals surface area (Å²) < 4.78 is 24.5. The highest BCUT2D eigenvalue weighted by Gasteiger charge is 2.27. The van der Waals surface area contributed by atoms with Crippen molar-refractivity contribution < 1.29 is 23.8 Å². The summed E-state index contributed by atoms with van der Waals surface area (Å²) in [4.78, 5) is 23.2. The Morgan fingerprint density at radius 1 is 1.27 bits per heavy atom. The summed E-state index contributed by atoms with van der Waals surface area (Å²) in [5.41, 5.74) is 1.69. The molecule has 174 valence electrons. The van der Waals surface area contributed by atoms with E-state index in [0.717, 1.165) is 23.9 Å². The second kappa shape index (κ2) is 9.99. The van der Waals surface area contributed by atoms with Crippen LogP contribution in [0.1, 0.15) is 12.0 Å². The smallest absolute Gasteiger partial charge is 0.407 e. The molecule has 1 aliphatic rings. The van der Waals surface area contributed by atoms with Gasteiger partial charge in [0.1, 0.15) is 24.0 Å². The number of phenols is 1. The maximum Gasteiger partial charge on any atom is 0.407 e. The summed E-state index contributed by atoms with van der Waals surface area (Å²) in [5, 5.41) is 13.9. The number of fused-ring (bicyclic) bond motifs is 1. The summed E-state index contributed by atoms with van der Waals surface area (Å²) >= 11 is 0. The van der Waals surface area contributed by atoms with Gasteiger partial charge < -0.3 is 24.8 Å². The molecular formula is C24H27FN4O4. The predicted molar refractivity (Wildman–Crippen MR) is 123 cm³/mol. The van der Waals surface area contributed by atoms with Gasteiger partial charge in [-0.1, -0.05) is 12.1 Å². The van der Waals surface area contributed by atoms with Gasteiger partial charge in [-0.25, -0.2) is 19.2 Å². The number of aromatic nitrogens is 2. The number of nitrogens with zero attached hydrogens (tertiary/aromatic N) is 3. The van der Waals surface area contributed by atoms with Crippen LogP contribution in [0.4, 0.5) is 15.0 Å². The molecule has 1 aromatic heterocycles. The molecule has 33 heavy (non-hydrogen) atoms. The molecule has 0 spiro atoms. The Kier molecular flexibility index (Phi) is 6.88. The number of halogens is 1. The van der Waals surface area contributed by atoms with Gasteiger partial charge in [0, 0.05) is 32.1 Å². The van der Waals surface area contributed by atoms with Crippen LogP contribution in [0.25, 0.3) is 22.3 Å². The first-order valence-corrected chi connectivity index (χ1v) is 10.9. The predicted octanol–water partition coefficient (Wildman–Crippen LogP) is 3.65. The Hall–Kier alpha value is -3.46. The molecule has 1 amide bonds. The Morgan fingerprint density at radius 3 is 2.91 bits per heavy atom. The second-order valence-electron chi connectivity index (χ2n) is 8.14. The number of aryl methyl sites for hydroxylation is 1. The van der Waals surface area contributed by atoms with Crippen molar-refractivity contribution in [1.29, 1.82) is 0 Å². The van der Waals surface area contributed by atoms with E-state index in [4.69, 9.17) is 9.47 Å². The molecule has 1 saturated heterocycles. The first kappa shape index (κ1) is 22.7. The number of benzene rings is 2. The largest absolute Gasteiger partial charge is 0.507 e. The van der Waals surface area contributed by atoms with Gasteiger partial charge in [0.15, 0.2) is 5.82 Å². The van der Waals surface area contributed by atoms with E-state index in [1.165, 1.54) is 18.2 Å². The third kappa shape index (κ3) is 5.14. The van der Waals surface area contributed by atoms with E-state index in [1.54, 1.807) is 7.11 Å². The van der Waals surface area contributed by atoms with Gasteiger partial charge >= 0.3 is 6.09 Å². The SMILES string of the molecule is COCCOC(=O)NC[C@@H]1CCN(c2nc(-c3c(O)cccc3F)nc3cc(C)ccc23)C1. The molecule has 9 heteroatoms. The molecule has 3 aromatic rings. The summed E-state index contributed by atoms with van der Waals surface area (Å²) in [6.07, 6.45) is 0.390. The van der Waals surface area contributed by atoms with Crippen LogP contribution in [0.3, 0.4) is 0 Å². The van der Waals surface area contributed by atoms with Gasteiger partial charge in [-0.05, 0) is 49.1 Å². The number of nitrogens with one attached hydrogen (secondary N) is 1. The van der Waals surface area contributed by atoms with Crippen molar-refractivity contribution in [1.82, 2.24) is 15.3 Å². The molecule has 0 aliphatic carbocycles. The Labute approximate surface area is 191 Å². The molecule has 2 aromatic carbocycles. The van der Waals surface area contributed by atoms with Crippen LogP contribution in [0, 0.1) is 18.7 Å². The van der Waals surface area contributed by atoms with Gasteiger partial charge in [0.2, 0.25) is 0 Å². The minimum atomic E-state index is -0.580. The van der Waals surface area contributed by atoms with E-state index in [-0.39, 0.29) is 29.7 Å². The van der Waals surface area contributed by atoms with Gasteiger partial charge in [-0.3, -0.25) is 0 Å². The fourth-order valence-corrected chi connectivity index (χ4v) is 4.00. The number of carbonyl (C=O) groups excluding carboxylic acids is 1. The average Bonchev–Trinajstić information content (AvgIpc) is 3.26. The average molecular weight is 455 g/mol. The van der Waals surface area contributed by atoms with Crippen LogP contribution in [0.2, 0.25) is 0 Å². The Balaban J connectivity index is 1.58. The first-order valence-electron chi connectivity index (χ1n) is 10.9. The number of anilines is 1. The van der Waals surface area contributed by atoms with Crippen LogP contribution >= 0.6 is 0 Å². The quantitative estimate of drug-likeness (QED) is 0.526. The van der Waals surface area contributed by atoms with Gasteiger partial charge in [-0.15, -0.1) is 0 Å². The number of rotatable bonds is 7. The van der Waals surface area contributed by atoms with Crippen molar-refractivity contribution in [3.8, 4) is 17.1 Å². The van der Waals surface area contributed by atoms with Crippen LogP contribution in [0.5, 0.6) is 5.75 Å². The van der Waals surface area contributed by atoms with E-state index >= 15 is 0 Å². The molecule has 2 N–H and O–H groups in total. The van der Waals surface area contributed by atoms with Crippen LogP contribution in [0.15, 0.2) is 36.4 Å². The number of phenolic OH excluding ortho intramolecular Hbond substituents is 1. The van der Waals surface area contributed by atoms with Crippen molar-refractivity contribution in [2.75, 3.05) is 44.9 Å². The summed E-state index contributed by atoms with van der Waals surface area (Å²) in [6, 6.07) is 10.0. The van der Waals surface area contributed by atoms with Crippen molar-refractivity contribution in [3.63, 3.8) is 0 Å². The molecule has 1 fully saturated rings.